The predicted molar refractivity (Wildman–Crippen MR) is 154 cm³/mol. The molecule has 0 saturated heterocycles. The number of nitrogens with zero attached hydrogens (tertiary/aromatic N) is 5. The number of hydrogen-bond donors (Lipinski definition) is 0. The topological polar surface area (TPSA) is 46.8 Å². The molecule has 0 saturated carbocycles. The molecule has 180 valence electrons. The van der Waals surface area contributed by atoms with Gasteiger partial charge in [-0.25, -0.2) is 15.0 Å². The van der Waals surface area contributed by atoms with Gasteiger partial charge in [0.25, 0.3) is 0 Å². The highest BCUT2D eigenvalue weighted by Gasteiger charge is 2.16. The van der Waals surface area contributed by atoms with Crippen LogP contribution in [0.2, 0.25) is 0 Å². The second-order valence-corrected chi connectivity index (χ2v) is 9.04. The number of aromatic nitrogens is 4. The summed E-state index contributed by atoms with van der Waals surface area (Å²) in [5.41, 5.74) is 6.50. The van der Waals surface area contributed by atoms with E-state index in [0.717, 1.165) is 50.7 Å². The van der Waals surface area contributed by atoms with Crippen LogP contribution in [0.15, 0.2) is 140 Å². The molecule has 0 spiro atoms. The number of pyridine rings is 3. The van der Waals surface area contributed by atoms with Gasteiger partial charge in [0.2, 0.25) is 0 Å². The summed E-state index contributed by atoms with van der Waals surface area (Å²) in [4.78, 5) is 16.0. The lowest BCUT2D eigenvalue weighted by Gasteiger charge is -2.23. The molecule has 7 aromatic rings. The lowest BCUT2D eigenvalue weighted by molar-refractivity contribution is 1.13. The Hall–Kier alpha value is -5.29. The summed E-state index contributed by atoms with van der Waals surface area (Å²) in [6, 6.07) is 41.6. The molecule has 0 fully saturated rings. The van der Waals surface area contributed by atoms with Gasteiger partial charge in [-0.05, 0) is 83.9 Å². The molecule has 0 radical (unpaired) electrons. The predicted octanol–water partition coefficient (Wildman–Crippen LogP) is 8.11. The zero-order chi connectivity index (χ0) is 25.3. The Morgan fingerprint density at radius 3 is 1.84 bits per heavy atom. The molecule has 38 heavy (non-hydrogen) atoms. The van der Waals surface area contributed by atoms with Gasteiger partial charge in [0, 0.05) is 40.7 Å². The highest BCUT2D eigenvalue weighted by Crippen LogP contribution is 2.36. The van der Waals surface area contributed by atoms with Gasteiger partial charge in [-0.2, -0.15) is 0 Å². The van der Waals surface area contributed by atoms with Crippen molar-refractivity contribution in [1.82, 2.24) is 19.5 Å². The van der Waals surface area contributed by atoms with Crippen LogP contribution in [0.4, 0.5) is 17.3 Å². The minimum Gasteiger partial charge on any atom is -0.294 e. The van der Waals surface area contributed by atoms with Crippen LogP contribution in [0.1, 0.15) is 0 Å². The molecule has 0 atom stereocenters. The van der Waals surface area contributed by atoms with Gasteiger partial charge < -0.3 is 0 Å². The minimum atomic E-state index is 0.821. The van der Waals surface area contributed by atoms with Gasteiger partial charge >= 0.3 is 0 Å². The van der Waals surface area contributed by atoms with Crippen molar-refractivity contribution in [2.45, 2.75) is 0 Å². The largest absolute Gasteiger partial charge is 0.294 e. The van der Waals surface area contributed by atoms with Crippen molar-refractivity contribution in [1.29, 1.82) is 0 Å². The Balaban J connectivity index is 1.32. The molecule has 0 aliphatic carbocycles. The van der Waals surface area contributed by atoms with Crippen LogP contribution in [-0.4, -0.2) is 19.5 Å². The van der Waals surface area contributed by atoms with E-state index in [-0.39, 0.29) is 0 Å². The second kappa shape index (κ2) is 9.30. The van der Waals surface area contributed by atoms with Gasteiger partial charge in [-0.1, -0.05) is 48.5 Å². The monoisotopic (exact) mass is 489 g/mol. The Morgan fingerprint density at radius 2 is 1.16 bits per heavy atom. The molecule has 7 rings (SSSR count). The van der Waals surface area contributed by atoms with E-state index in [2.05, 4.69) is 92.2 Å². The lowest BCUT2D eigenvalue weighted by Crippen LogP contribution is -2.12. The summed E-state index contributed by atoms with van der Waals surface area (Å²) < 4.78 is 2.23. The van der Waals surface area contributed by atoms with E-state index in [1.165, 1.54) is 5.39 Å². The Bertz CT molecular complexity index is 1810. The van der Waals surface area contributed by atoms with Crippen LogP contribution in [0.5, 0.6) is 0 Å². The number of rotatable bonds is 5. The molecule has 5 heteroatoms. The zero-order valence-electron chi connectivity index (χ0n) is 20.5. The maximum absolute atomic E-state index is 4.73. The maximum Gasteiger partial charge on any atom is 0.145 e. The molecule has 0 unspecified atom stereocenters. The fraction of sp³-hybridized carbons (Fsp3) is 0. The third-order valence-electron chi connectivity index (χ3n) is 6.76. The first-order chi connectivity index (χ1) is 18.9. The first-order valence-electron chi connectivity index (χ1n) is 12.5. The van der Waals surface area contributed by atoms with Crippen molar-refractivity contribution in [2.75, 3.05) is 4.90 Å². The highest BCUT2D eigenvalue weighted by molar-refractivity contribution is 6.09. The Kier molecular flexibility index (Phi) is 5.37. The van der Waals surface area contributed by atoms with E-state index in [1.54, 1.807) is 12.4 Å². The molecule has 3 aromatic carbocycles. The standard InChI is InChI=1S/C33H23N5/c1-2-9-26(10-3-1)37-30-19-16-25(23-29(30)28-11-8-22-36-33(28)37)24-14-17-27(18-15-24)38(31-12-4-6-20-34-31)32-13-5-7-21-35-32/h1-23H. The summed E-state index contributed by atoms with van der Waals surface area (Å²) >= 11 is 0. The first kappa shape index (κ1) is 21.9. The van der Waals surface area contributed by atoms with Crippen molar-refractivity contribution in [3.63, 3.8) is 0 Å². The SMILES string of the molecule is c1ccc(-n2c3ccc(-c4ccc(N(c5ccccn5)c5ccccn5)cc4)cc3c3cccnc32)cc1. The molecule has 4 heterocycles. The fourth-order valence-electron chi connectivity index (χ4n) is 5.02. The second-order valence-electron chi connectivity index (χ2n) is 9.04. The van der Waals surface area contributed by atoms with Gasteiger partial charge in [0.15, 0.2) is 0 Å². The summed E-state index contributed by atoms with van der Waals surface area (Å²) in [6.07, 6.45) is 5.46. The summed E-state index contributed by atoms with van der Waals surface area (Å²) in [5.74, 6) is 1.64. The van der Waals surface area contributed by atoms with E-state index < -0.39 is 0 Å². The average Bonchev–Trinajstić information content (AvgIpc) is 3.33. The molecule has 0 aliphatic rings. The summed E-state index contributed by atoms with van der Waals surface area (Å²) in [7, 11) is 0. The highest BCUT2D eigenvalue weighted by atomic mass is 15.2. The van der Waals surface area contributed by atoms with Crippen molar-refractivity contribution in [3.05, 3.63) is 140 Å². The van der Waals surface area contributed by atoms with E-state index in [0.29, 0.717) is 0 Å². The first-order valence-corrected chi connectivity index (χ1v) is 12.5. The molecule has 0 bridgehead atoms. The van der Waals surface area contributed by atoms with Crippen LogP contribution in [0.3, 0.4) is 0 Å². The number of fused-ring (bicyclic) bond motifs is 3. The minimum absolute atomic E-state index is 0.821. The number of hydrogen-bond acceptors (Lipinski definition) is 4. The fourth-order valence-corrected chi connectivity index (χ4v) is 5.02. The maximum atomic E-state index is 4.73. The van der Waals surface area contributed by atoms with Crippen molar-refractivity contribution in [2.24, 2.45) is 0 Å². The van der Waals surface area contributed by atoms with Crippen LogP contribution >= 0.6 is 0 Å². The molecule has 0 N–H and O–H groups in total. The smallest absolute Gasteiger partial charge is 0.145 e. The molecular formula is C33H23N5. The molecule has 0 amide bonds. The zero-order valence-corrected chi connectivity index (χ0v) is 20.5. The quantitative estimate of drug-likeness (QED) is 0.245. The average molecular weight is 490 g/mol. The molecular weight excluding hydrogens is 466 g/mol. The third kappa shape index (κ3) is 3.78. The van der Waals surface area contributed by atoms with Crippen LogP contribution in [0.25, 0.3) is 38.8 Å². The summed E-state index contributed by atoms with van der Waals surface area (Å²) in [6.45, 7) is 0. The van der Waals surface area contributed by atoms with Gasteiger partial charge in [0.1, 0.15) is 17.3 Å². The normalized spacial score (nSPS) is 11.2. The van der Waals surface area contributed by atoms with E-state index in [9.17, 15) is 0 Å². The van der Waals surface area contributed by atoms with E-state index in [4.69, 9.17) is 4.98 Å². The van der Waals surface area contributed by atoms with E-state index in [1.807, 2.05) is 54.7 Å². The third-order valence-corrected chi connectivity index (χ3v) is 6.76. The molecule has 4 aromatic heterocycles. The van der Waals surface area contributed by atoms with Crippen LogP contribution < -0.4 is 4.90 Å². The van der Waals surface area contributed by atoms with Crippen molar-refractivity contribution in [3.8, 4) is 16.8 Å². The number of anilines is 3. The van der Waals surface area contributed by atoms with Gasteiger partial charge in [-0.15, -0.1) is 0 Å². The van der Waals surface area contributed by atoms with Gasteiger partial charge in [0.05, 0.1) is 5.52 Å². The van der Waals surface area contributed by atoms with Gasteiger partial charge in [-0.3, -0.25) is 9.47 Å². The van der Waals surface area contributed by atoms with Crippen molar-refractivity contribution >= 4 is 39.3 Å². The van der Waals surface area contributed by atoms with Crippen LogP contribution in [-0.2, 0) is 0 Å². The van der Waals surface area contributed by atoms with E-state index >= 15 is 0 Å². The Morgan fingerprint density at radius 1 is 0.500 bits per heavy atom. The Labute approximate surface area is 220 Å². The number of benzene rings is 3. The number of para-hydroxylation sites is 1. The van der Waals surface area contributed by atoms with Crippen molar-refractivity contribution < 1.29 is 0 Å². The van der Waals surface area contributed by atoms with Crippen LogP contribution in [0, 0.1) is 0 Å². The molecule has 5 nitrogen and oxygen atoms in total. The lowest BCUT2D eigenvalue weighted by atomic mass is 10.0. The summed E-state index contributed by atoms with van der Waals surface area (Å²) in [5, 5.41) is 2.32. The molecule has 0 aliphatic heterocycles.